The Kier molecular flexibility index (Phi) is 6.60. The minimum absolute atomic E-state index is 0.406. The van der Waals surface area contributed by atoms with Gasteiger partial charge in [0.05, 0.1) is 11.9 Å². The van der Waals surface area contributed by atoms with Crippen LogP contribution < -0.4 is 11.1 Å². The molecule has 0 fully saturated rings. The molecule has 100 valence electrons. The first kappa shape index (κ1) is 14.9. The third-order valence-corrected chi connectivity index (χ3v) is 3.17. The second-order valence-electron chi connectivity index (χ2n) is 4.09. The molecule has 1 aromatic heterocycles. The highest BCUT2D eigenvalue weighted by atomic mass is 32.1. The number of nitrogens with zero attached hydrogens (tertiary/aromatic N) is 2. The van der Waals surface area contributed by atoms with Gasteiger partial charge in [0.1, 0.15) is 4.99 Å². The lowest BCUT2D eigenvalue weighted by atomic mass is 10.2. The average molecular weight is 266 g/mol. The van der Waals surface area contributed by atoms with Crippen molar-refractivity contribution in [3.05, 3.63) is 24.0 Å². The Morgan fingerprint density at radius 2 is 2.17 bits per heavy atom. The maximum atomic E-state index is 5.67. The van der Waals surface area contributed by atoms with E-state index in [0.29, 0.717) is 4.99 Å². The predicted octanol–water partition coefficient (Wildman–Crippen LogP) is 1.86. The summed E-state index contributed by atoms with van der Waals surface area (Å²) in [5.41, 5.74) is 7.45. The van der Waals surface area contributed by atoms with Gasteiger partial charge >= 0.3 is 0 Å². The summed E-state index contributed by atoms with van der Waals surface area (Å²) in [4.78, 5) is 6.89. The molecule has 5 heteroatoms. The molecule has 0 saturated heterocycles. The van der Waals surface area contributed by atoms with Gasteiger partial charge in [-0.1, -0.05) is 26.1 Å². The van der Waals surface area contributed by atoms with Gasteiger partial charge in [-0.15, -0.1) is 0 Å². The summed E-state index contributed by atoms with van der Waals surface area (Å²) < 4.78 is 0. The molecular weight excluding hydrogens is 244 g/mol. The van der Waals surface area contributed by atoms with Crippen molar-refractivity contribution in [3.63, 3.8) is 0 Å². The highest BCUT2D eigenvalue weighted by molar-refractivity contribution is 7.80. The Morgan fingerprint density at radius 1 is 1.44 bits per heavy atom. The zero-order valence-corrected chi connectivity index (χ0v) is 12.0. The highest BCUT2D eigenvalue weighted by Crippen LogP contribution is 2.12. The van der Waals surface area contributed by atoms with Crippen LogP contribution >= 0.6 is 12.2 Å². The molecule has 0 aliphatic rings. The van der Waals surface area contributed by atoms with Crippen molar-refractivity contribution in [1.29, 1.82) is 0 Å². The molecule has 0 amide bonds. The number of nitrogens with one attached hydrogen (secondary N) is 1. The smallest absolute Gasteiger partial charge is 0.106 e. The van der Waals surface area contributed by atoms with E-state index in [1.807, 2.05) is 6.07 Å². The van der Waals surface area contributed by atoms with Crippen LogP contribution in [-0.4, -0.2) is 41.1 Å². The normalized spacial score (nSPS) is 10.6. The molecule has 0 aliphatic heterocycles. The summed E-state index contributed by atoms with van der Waals surface area (Å²) in [6, 6.07) is 1.84. The molecule has 0 aromatic carbocycles. The Balaban J connectivity index is 2.42. The van der Waals surface area contributed by atoms with Gasteiger partial charge in [-0.3, -0.25) is 4.98 Å². The summed E-state index contributed by atoms with van der Waals surface area (Å²) in [6.45, 7) is 8.57. The zero-order valence-electron chi connectivity index (χ0n) is 11.1. The number of anilines is 1. The predicted molar refractivity (Wildman–Crippen MR) is 81.0 cm³/mol. The van der Waals surface area contributed by atoms with E-state index in [9.17, 15) is 0 Å². The zero-order chi connectivity index (χ0) is 13.4. The number of thiocarbonyl (C=S) groups is 1. The highest BCUT2D eigenvalue weighted by Gasteiger charge is 2.04. The van der Waals surface area contributed by atoms with Crippen LogP contribution in [0.1, 0.15) is 25.8 Å². The molecule has 1 rings (SSSR count). The minimum Gasteiger partial charge on any atom is -0.389 e. The molecule has 18 heavy (non-hydrogen) atoms. The van der Waals surface area contributed by atoms with Crippen LogP contribution in [0.3, 0.4) is 0 Å². The molecule has 0 spiro atoms. The summed E-state index contributed by atoms with van der Waals surface area (Å²) in [6.07, 6.45) is 4.56. The van der Waals surface area contributed by atoms with Crippen molar-refractivity contribution in [2.24, 2.45) is 5.73 Å². The molecule has 1 heterocycles. The number of rotatable bonds is 8. The van der Waals surface area contributed by atoms with Gasteiger partial charge in [-0.25, -0.2) is 0 Å². The van der Waals surface area contributed by atoms with Gasteiger partial charge in [0.25, 0.3) is 0 Å². The van der Waals surface area contributed by atoms with Crippen molar-refractivity contribution >= 4 is 22.9 Å². The van der Waals surface area contributed by atoms with E-state index in [1.54, 1.807) is 12.4 Å². The topological polar surface area (TPSA) is 54.2 Å². The third-order valence-electron chi connectivity index (χ3n) is 2.95. The van der Waals surface area contributed by atoms with Crippen molar-refractivity contribution < 1.29 is 0 Å². The summed E-state index contributed by atoms with van der Waals surface area (Å²) in [5.74, 6) is 0. The van der Waals surface area contributed by atoms with E-state index in [0.717, 1.165) is 43.9 Å². The van der Waals surface area contributed by atoms with Gasteiger partial charge < -0.3 is 16.0 Å². The van der Waals surface area contributed by atoms with Gasteiger partial charge in [0.2, 0.25) is 0 Å². The van der Waals surface area contributed by atoms with Crippen molar-refractivity contribution in [1.82, 2.24) is 9.88 Å². The standard InChI is InChI=1S/C13H22N4S/c1-3-17(4-2)9-5-7-16-12-10-15-8-6-11(12)13(14)18/h6,8,10,16H,3-5,7,9H2,1-2H3,(H2,14,18). The summed E-state index contributed by atoms with van der Waals surface area (Å²) in [5, 5.41) is 3.34. The van der Waals surface area contributed by atoms with Crippen molar-refractivity contribution in [3.8, 4) is 0 Å². The molecule has 0 bridgehead atoms. The van der Waals surface area contributed by atoms with E-state index < -0.39 is 0 Å². The Hall–Kier alpha value is -1.20. The van der Waals surface area contributed by atoms with Crippen molar-refractivity contribution in [2.75, 3.05) is 31.5 Å². The second-order valence-corrected chi connectivity index (χ2v) is 4.53. The van der Waals surface area contributed by atoms with Crippen LogP contribution in [0, 0.1) is 0 Å². The lowest BCUT2D eigenvalue weighted by Gasteiger charge is -2.18. The fourth-order valence-corrected chi connectivity index (χ4v) is 1.99. The Morgan fingerprint density at radius 3 is 2.78 bits per heavy atom. The number of nitrogens with two attached hydrogens (primary N) is 1. The first-order valence-corrected chi connectivity index (χ1v) is 6.79. The second kappa shape index (κ2) is 8.00. The van der Waals surface area contributed by atoms with Gasteiger partial charge in [-0.2, -0.15) is 0 Å². The minimum atomic E-state index is 0.406. The molecule has 4 nitrogen and oxygen atoms in total. The molecule has 0 unspecified atom stereocenters. The fraction of sp³-hybridized carbons (Fsp3) is 0.538. The SMILES string of the molecule is CCN(CC)CCCNc1cnccc1C(N)=S. The molecule has 0 radical (unpaired) electrons. The van der Waals surface area contributed by atoms with Crippen LogP contribution in [0.25, 0.3) is 0 Å². The molecule has 1 aromatic rings. The lowest BCUT2D eigenvalue weighted by Crippen LogP contribution is -2.25. The number of aromatic nitrogens is 1. The van der Waals surface area contributed by atoms with Crippen LogP contribution in [-0.2, 0) is 0 Å². The maximum Gasteiger partial charge on any atom is 0.106 e. The summed E-state index contributed by atoms with van der Waals surface area (Å²) in [7, 11) is 0. The first-order valence-electron chi connectivity index (χ1n) is 6.39. The van der Waals surface area contributed by atoms with Crippen LogP contribution in [0.15, 0.2) is 18.5 Å². The number of pyridine rings is 1. The fourth-order valence-electron chi connectivity index (χ4n) is 1.82. The number of hydrogen-bond donors (Lipinski definition) is 2. The molecular formula is C13H22N4S. The lowest BCUT2D eigenvalue weighted by molar-refractivity contribution is 0.303. The molecule has 0 saturated carbocycles. The molecule has 0 atom stereocenters. The molecule has 3 N–H and O–H groups in total. The summed E-state index contributed by atoms with van der Waals surface area (Å²) >= 11 is 5.01. The van der Waals surface area contributed by atoms with Gasteiger partial charge in [0.15, 0.2) is 0 Å². The van der Waals surface area contributed by atoms with E-state index in [2.05, 4.69) is 29.0 Å². The first-order chi connectivity index (χ1) is 8.69. The monoisotopic (exact) mass is 266 g/mol. The molecule has 0 aliphatic carbocycles. The quantitative estimate of drug-likeness (QED) is 0.555. The number of hydrogen-bond acceptors (Lipinski definition) is 4. The maximum absolute atomic E-state index is 5.67. The van der Waals surface area contributed by atoms with Gasteiger partial charge in [-0.05, 0) is 32.1 Å². The third kappa shape index (κ3) is 4.58. The van der Waals surface area contributed by atoms with Crippen LogP contribution in [0.4, 0.5) is 5.69 Å². The van der Waals surface area contributed by atoms with E-state index in [4.69, 9.17) is 18.0 Å². The average Bonchev–Trinajstić information content (AvgIpc) is 2.39. The Labute approximate surface area is 115 Å². The van der Waals surface area contributed by atoms with E-state index in [-0.39, 0.29) is 0 Å². The Bertz CT molecular complexity index is 377. The van der Waals surface area contributed by atoms with E-state index in [1.165, 1.54) is 0 Å². The van der Waals surface area contributed by atoms with Crippen LogP contribution in [0.2, 0.25) is 0 Å². The van der Waals surface area contributed by atoms with Gasteiger partial charge in [0, 0.05) is 18.3 Å². The largest absolute Gasteiger partial charge is 0.389 e. The van der Waals surface area contributed by atoms with E-state index >= 15 is 0 Å². The van der Waals surface area contributed by atoms with Crippen LogP contribution in [0.5, 0.6) is 0 Å². The van der Waals surface area contributed by atoms with Crippen molar-refractivity contribution in [2.45, 2.75) is 20.3 Å².